The topological polar surface area (TPSA) is 35.9 Å². The summed E-state index contributed by atoms with van der Waals surface area (Å²) in [4.78, 5) is 4.64. The van der Waals surface area contributed by atoms with Gasteiger partial charge in [-0.2, -0.15) is 0 Å². The Hall–Kier alpha value is -1.72. The largest absolute Gasteiger partial charge is 0.389 e. The van der Waals surface area contributed by atoms with Crippen molar-refractivity contribution in [2.24, 2.45) is 0 Å². The summed E-state index contributed by atoms with van der Waals surface area (Å²) in [6.07, 6.45) is -0.439. The van der Waals surface area contributed by atoms with Crippen LogP contribution >= 0.6 is 0 Å². The summed E-state index contributed by atoms with van der Waals surface area (Å²) in [7, 11) is 2.14. The SMILES string of the molecule is CN1CCN(CC(O)COCC(c2ccccc2)c2ccccc2)CC1. The fourth-order valence-corrected chi connectivity index (χ4v) is 3.46. The first kappa shape index (κ1) is 19.1. The van der Waals surface area contributed by atoms with E-state index in [-0.39, 0.29) is 5.92 Å². The molecule has 0 amide bonds. The van der Waals surface area contributed by atoms with Gasteiger partial charge in [-0.25, -0.2) is 0 Å². The van der Waals surface area contributed by atoms with Crippen LogP contribution in [0.3, 0.4) is 0 Å². The van der Waals surface area contributed by atoms with Gasteiger partial charge < -0.3 is 14.7 Å². The average Bonchev–Trinajstić information content (AvgIpc) is 2.68. The molecule has 0 aliphatic carbocycles. The van der Waals surface area contributed by atoms with E-state index < -0.39 is 6.10 Å². The molecule has 1 atom stereocenters. The highest BCUT2D eigenvalue weighted by molar-refractivity contribution is 5.32. The molecule has 1 aliphatic heterocycles. The second-order valence-electron chi connectivity index (χ2n) is 7.17. The number of ether oxygens (including phenoxy) is 1. The molecule has 1 unspecified atom stereocenters. The highest BCUT2D eigenvalue weighted by atomic mass is 16.5. The summed E-state index contributed by atoms with van der Waals surface area (Å²) < 4.78 is 5.94. The van der Waals surface area contributed by atoms with Crippen LogP contribution in [0.2, 0.25) is 0 Å². The zero-order chi connectivity index (χ0) is 18.2. The van der Waals surface area contributed by atoms with Gasteiger partial charge in [-0.1, -0.05) is 60.7 Å². The van der Waals surface area contributed by atoms with Gasteiger partial charge in [-0.3, -0.25) is 4.90 Å². The van der Waals surface area contributed by atoms with Crippen molar-refractivity contribution in [3.8, 4) is 0 Å². The van der Waals surface area contributed by atoms with Crippen LogP contribution in [0, 0.1) is 0 Å². The number of hydrogen-bond acceptors (Lipinski definition) is 4. The monoisotopic (exact) mass is 354 g/mol. The molecule has 1 aliphatic rings. The highest BCUT2D eigenvalue weighted by Gasteiger charge is 2.18. The van der Waals surface area contributed by atoms with Gasteiger partial charge in [0.05, 0.1) is 19.3 Å². The van der Waals surface area contributed by atoms with Crippen molar-refractivity contribution in [1.82, 2.24) is 9.80 Å². The maximum atomic E-state index is 10.3. The number of piperazine rings is 1. The van der Waals surface area contributed by atoms with Gasteiger partial charge in [0.25, 0.3) is 0 Å². The summed E-state index contributed by atoms with van der Waals surface area (Å²) in [6.45, 7) is 5.81. The molecule has 0 saturated carbocycles. The average molecular weight is 354 g/mol. The number of β-amino-alcohol motifs (C(OH)–C–C–N with tert-alkyl or cyclic N) is 1. The van der Waals surface area contributed by atoms with Crippen LogP contribution in [0.4, 0.5) is 0 Å². The van der Waals surface area contributed by atoms with E-state index in [1.165, 1.54) is 11.1 Å². The van der Waals surface area contributed by atoms with Gasteiger partial charge in [-0.05, 0) is 18.2 Å². The Morgan fingerprint density at radius 2 is 1.38 bits per heavy atom. The number of nitrogens with zero attached hydrogens (tertiary/aromatic N) is 2. The Labute approximate surface area is 157 Å². The first-order valence-corrected chi connectivity index (χ1v) is 9.49. The molecule has 1 N–H and O–H groups in total. The standard InChI is InChI=1S/C22H30N2O2/c1-23-12-14-24(15-13-23)16-21(25)17-26-18-22(19-8-4-2-5-9-19)20-10-6-3-7-11-20/h2-11,21-22,25H,12-18H2,1H3. The van der Waals surface area contributed by atoms with E-state index in [9.17, 15) is 5.11 Å². The molecule has 4 nitrogen and oxygen atoms in total. The smallest absolute Gasteiger partial charge is 0.0900 e. The van der Waals surface area contributed by atoms with Crippen molar-refractivity contribution >= 4 is 0 Å². The van der Waals surface area contributed by atoms with Gasteiger partial charge >= 0.3 is 0 Å². The van der Waals surface area contributed by atoms with Crippen LogP contribution in [0.5, 0.6) is 0 Å². The molecule has 0 spiro atoms. The maximum Gasteiger partial charge on any atom is 0.0900 e. The maximum absolute atomic E-state index is 10.3. The number of hydrogen-bond donors (Lipinski definition) is 1. The summed E-state index contributed by atoms with van der Waals surface area (Å²) in [6, 6.07) is 20.9. The van der Waals surface area contributed by atoms with Crippen LogP contribution in [0.15, 0.2) is 60.7 Å². The molecule has 1 fully saturated rings. The summed E-state index contributed by atoms with van der Waals surface area (Å²) >= 11 is 0. The first-order valence-electron chi connectivity index (χ1n) is 9.49. The van der Waals surface area contributed by atoms with E-state index in [1.54, 1.807) is 0 Å². The molecule has 2 aromatic rings. The lowest BCUT2D eigenvalue weighted by Gasteiger charge is -2.33. The van der Waals surface area contributed by atoms with Crippen LogP contribution in [-0.4, -0.2) is 74.0 Å². The van der Waals surface area contributed by atoms with Crippen LogP contribution in [-0.2, 0) is 4.74 Å². The lowest BCUT2D eigenvalue weighted by atomic mass is 9.92. The number of benzene rings is 2. The summed E-state index contributed by atoms with van der Waals surface area (Å²) in [5.41, 5.74) is 2.49. The Balaban J connectivity index is 1.52. The number of likely N-dealkylation sites (N-methyl/N-ethyl adjacent to an activating group) is 1. The molecule has 140 valence electrons. The molecule has 4 heteroatoms. The Morgan fingerprint density at radius 1 is 0.846 bits per heavy atom. The summed E-state index contributed by atoms with van der Waals surface area (Å²) in [5.74, 6) is 0.188. The molecule has 2 aromatic carbocycles. The van der Waals surface area contributed by atoms with Crippen molar-refractivity contribution in [3.63, 3.8) is 0 Å². The Bertz CT molecular complexity index is 588. The summed E-state index contributed by atoms with van der Waals surface area (Å²) in [5, 5.41) is 10.3. The van der Waals surface area contributed by atoms with E-state index in [2.05, 4.69) is 65.4 Å². The lowest BCUT2D eigenvalue weighted by Crippen LogP contribution is -2.47. The van der Waals surface area contributed by atoms with E-state index >= 15 is 0 Å². The van der Waals surface area contributed by atoms with Crippen LogP contribution < -0.4 is 0 Å². The van der Waals surface area contributed by atoms with E-state index in [4.69, 9.17) is 4.74 Å². The molecule has 26 heavy (non-hydrogen) atoms. The van der Waals surface area contributed by atoms with Gasteiger partial charge in [0, 0.05) is 38.6 Å². The molecule has 0 aromatic heterocycles. The molecular formula is C22H30N2O2. The van der Waals surface area contributed by atoms with Crippen molar-refractivity contribution < 1.29 is 9.84 Å². The van der Waals surface area contributed by atoms with Gasteiger partial charge in [0.15, 0.2) is 0 Å². The predicted octanol–water partition coefficient (Wildman–Crippen LogP) is 2.44. The second-order valence-corrected chi connectivity index (χ2v) is 7.17. The van der Waals surface area contributed by atoms with E-state index in [1.807, 2.05) is 12.1 Å². The van der Waals surface area contributed by atoms with E-state index in [0.29, 0.717) is 19.8 Å². The lowest BCUT2D eigenvalue weighted by molar-refractivity contribution is 0.00696. The number of aliphatic hydroxyl groups excluding tert-OH is 1. The third-order valence-corrected chi connectivity index (χ3v) is 5.06. The van der Waals surface area contributed by atoms with Crippen molar-refractivity contribution in [1.29, 1.82) is 0 Å². The van der Waals surface area contributed by atoms with Gasteiger partial charge in [-0.15, -0.1) is 0 Å². The third kappa shape index (κ3) is 5.64. The first-order chi connectivity index (χ1) is 12.7. The van der Waals surface area contributed by atoms with Gasteiger partial charge in [0.1, 0.15) is 0 Å². The fraction of sp³-hybridized carbons (Fsp3) is 0.455. The van der Waals surface area contributed by atoms with Crippen LogP contribution in [0.25, 0.3) is 0 Å². The normalized spacial score (nSPS) is 17.5. The number of rotatable bonds is 8. The second kappa shape index (κ2) is 9.83. The molecule has 1 heterocycles. The molecular weight excluding hydrogens is 324 g/mol. The molecule has 1 saturated heterocycles. The van der Waals surface area contributed by atoms with Crippen molar-refractivity contribution in [2.45, 2.75) is 12.0 Å². The predicted molar refractivity (Wildman–Crippen MR) is 105 cm³/mol. The zero-order valence-corrected chi connectivity index (χ0v) is 15.6. The Morgan fingerprint density at radius 3 is 1.92 bits per heavy atom. The third-order valence-electron chi connectivity index (χ3n) is 5.06. The van der Waals surface area contributed by atoms with Crippen molar-refractivity contribution in [3.05, 3.63) is 71.8 Å². The minimum atomic E-state index is -0.439. The quantitative estimate of drug-likeness (QED) is 0.790. The minimum absolute atomic E-state index is 0.188. The minimum Gasteiger partial charge on any atom is -0.389 e. The van der Waals surface area contributed by atoms with Crippen molar-refractivity contribution in [2.75, 3.05) is 53.0 Å². The highest BCUT2D eigenvalue weighted by Crippen LogP contribution is 2.24. The number of aliphatic hydroxyl groups is 1. The van der Waals surface area contributed by atoms with Gasteiger partial charge in [0.2, 0.25) is 0 Å². The molecule has 0 bridgehead atoms. The Kier molecular flexibility index (Phi) is 7.21. The zero-order valence-electron chi connectivity index (χ0n) is 15.6. The molecule has 3 rings (SSSR count). The molecule has 0 radical (unpaired) electrons. The van der Waals surface area contributed by atoms with E-state index in [0.717, 1.165) is 26.2 Å². The fourth-order valence-electron chi connectivity index (χ4n) is 3.46. The van der Waals surface area contributed by atoms with Crippen LogP contribution in [0.1, 0.15) is 17.0 Å².